The zero-order chi connectivity index (χ0) is 16.6. The van der Waals surface area contributed by atoms with Crippen LogP contribution in [-0.4, -0.2) is 34.5 Å². The number of hydrogen-bond acceptors (Lipinski definition) is 4. The second-order valence-electron chi connectivity index (χ2n) is 5.54. The summed E-state index contributed by atoms with van der Waals surface area (Å²) >= 11 is 0. The third-order valence-electron chi connectivity index (χ3n) is 4.03. The largest absolute Gasteiger partial charge is 0.325 e. The molecule has 0 unspecified atom stereocenters. The molecule has 4 amide bonds. The fourth-order valence-corrected chi connectivity index (χ4v) is 2.72. The van der Waals surface area contributed by atoms with Gasteiger partial charge in [0.2, 0.25) is 0 Å². The molecule has 7 heteroatoms. The van der Waals surface area contributed by atoms with E-state index >= 15 is 0 Å². The lowest BCUT2D eigenvalue weighted by Crippen LogP contribution is -2.42. The van der Waals surface area contributed by atoms with E-state index in [1.807, 2.05) is 36.4 Å². The molecule has 1 saturated heterocycles. The van der Waals surface area contributed by atoms with Crippen molar-refractivity contribution in [3.05, 3.63) is 48.0 Å². The number of imide groups is 1. The molecule has 0 saturated carbocycles. The Kier molecular flexibility index (Phi) is 3.49. The maximum Gasteiger partial charge on any atom is 0.325 e. The minimum atomic E-state index is -1.25. The number of carbonyl (C=O) groups excluding carboxylic acids is 3. The van der Waals surface area contributed by atoms with Crippen LogP contribution in [0.2, 0.25) is 0 Å². The van der Waals surface area contributed by atoms with Gasteiger partial charge in [-0.25, -0.2) is 10.3 Å². The average molecular weight is 313 g/mol. The van der Waals surface area contributed by atoms with E-state index in [-0.39, 0.29) is 0 Å². The quantitative estimate of drug-likeness (QED) is 0.449. The van der Waals surface area contributed by atoms with Crippen molar-refractivity contribution in [2.45, 2.75) is 12.5 Å². The lowest BCUT2D eigenvalue weighted by Gasteiger charge is -2.22. The second kappa shape index (κ2) is 5.36. The summed E-state index contributed by atoms with van der Waals surface area (Å²) < 4.78 is 0. The van der Waals surface area contributed by atoms with Crippen LogP contribution in [0.25, 0.3) is 10.8 Å². The van der Waals surface area contributed by atoms with Gasteiger partial charge < -0.3 is 5.32 Å². The summed E-state index contributed by atoms with van der Waals surface area (Å²) in [6.07, 6.45) is 0. The van der Waals surface area contributed by atoms with Crippen LogP contribution in [0.1, 0.15) is 12.5 Å². The molecule has 2 aromatic carbocycles. The Hall–Kier alpha value is -2.93. The van der Waals surface area contributed by atoms with Crippen molar-refractivity contribution in [3.63, 3.8) is 0 Å². The number of hydrogen-bond donors (Lipinski definition) is 3. The van der Waals surface area contributed by atoms with E-state index in [9.17, 15) is 14.4 Å². The van der Waals surface area contributed by atoms with Gasteiger partial charge in [0, 0.05) is 0 Å². The number of amides is 4. The maximum atomic E-state index is 12.6. The summed E-state index contributed by atoms with van der Waals surface area (Å²) in [5.74, 6) is -1.38. The van der Waals surface area contributed by atoms with Gasteiger partial charge in [0.1, 0.15) is 12.1 Å². The molecule has 0 radical (unpaired) electrons. The van der Waals surface area contributed by atoms with Crippen LogP contribution < -0.4 is 10.8 Å². The summed E-state index contributed by atoms with van der Waals surface area (Å²) in [6.45, 7) is 1.05. The number of urea groups is 1. The van der Waals surface area contributed by atoms with Gasteiger partial charge >= 0.3 is 6.03 Å². The lowest BCUT2D eigenvalue weighted by atomic mass is 9.90. The molecule has 23 heavy (non-hydrogen) atoms. The standard InChI is InChI=1S/C16H15N3O4/c1-16(12-7-6-10-4-2-3-5-11(10)8-12)14(21)19(15(22)17-16)9-13(20)18-23/h2-8,23H,9H2,1H3,(H,17,22)(H,18,20)/t16-/m0/s1. The second-order valence-corrected chi connectivity index (χ2v) is 5.54. The first-order valence-corrected chi connectivity index (χ1v) is 7.02. The number of benzene rings is 2. The Morgan fingerprint density at radius 2 is 1.91 bits per heavy atom. The Morgan fingerprint density at radius 1 is 1.22 bits per heavy atom. The maximum absolute atomic E-state index is 12.6. The molecule has 1 aliphatic rings. The minimum absolute atomic E-state index is 0.537. The van der Waals surface area contributed by atoms with Crippen molar-refractivity contribution >= 4 is 28.6 Å². The van der Waals surface area contributed by atoms with E-state index in [1.54, 1.807) is 13.0 Å². The Bertz CT molecular complexity index is 820. The Labute approximate surface area is 131 Å². The van der Waals surface area contributed by atoms with Crippen LogP contribution in [0.5, 0.6) is 0 Å². The fraction of sp³-hybridized carbons (Fsp3) is 0.188. The topological polar surface area (TPSA) is 98.7 Å². The summed E-state index contributed by atoms with van der Waals surface area (Å²) in [6, 6.07) is 12.5. The number of rotatable bonds is 3. The van der Waals surface area contributed by atoms with Crippen LogP contribution in [0.3, 0.4) is 0 Å². The van der Waals surface area contributed by atoms with E-state index in [2.05, 4.69) is 5.32 Å². The van der Waals surface area contributed by atoms with Crippen molar-refractivity contribution in [2.24, 2.45) is 0 Å². The molecular formula is C16H15N3O4. The number of hydroxylamine groups is 1. The van der Waals surface area contributed by atoms with Crippen molar-refractivity contribution in [1.82, 2.24) is 15.7 Å². The van der Waals surface area contributed by atoms with Crippen molar-refractivity contribution in [3.8, 4) is 0 Å². The summed E-state index contributed by atoms with van der Waals surface area (Å²) in [4.78, 5) is 36.7. The third kappa shape index (κ3) is 2.40. The van der Waals surface area contributed by atoms with E-state index < -0.39 is 29.9 Å². The molecule has 118 valence electrons. The number of fused-ring (bicyclic) bond motifs is 1. The molecule has 0 bridgehead atoms. The molecule has 1 atom stereocenters. The number of carbonyl (C=O) groups is 3. The van der Waals surface area contributed by atoms with Gasteiger partial charge in [0.15, 0.2) is 0 Å². The van der Waals surface area contributed by atoms with Crippen molar-refractivity contribution < 1.29 is 19.6 Å². The van der Waals surface area contributed by atoms with Gasteiger partial charge in [0.25, 0.3) is 11.8 Å². The number of nitrogens with one attached hydrogen (secondary N) is 2. The smallest absolute Gasteiger partial charge is 0.319 e. The summed E-state index contributed by atoms with van der Waals surface area (Å²) in [7, 11) is 0. The molecule has 1 fully saturated rings. The molecule has 1 aliphatic heterocycles. The highest BCUT2D eigenvalue weighted by Gasteiger charge is 2.49. The van der Waals surface area contributed by atoms with Gasteiger partial charge in [0.05, 0.1) is 0 Å². The van der Waals surface area contributed by atoms with Gasteiger partial charge in [-0.2, -0.15) is 0 Å². The van der Waals surface area contributed by atoms with Crippen LogP contribution in [0.15, 0.2) is 42.5 Å². The highest BCUT2D eigenvalue weighted by molar-refractivity contribution is 6.09. The average Bonchev–Trinajstić information content (AvgIpc) is 2.78. The first-order chi connectivity index (χ1) is 11.0. The molecular weight excluding hydrogens is 298 g/mol. The monoisotopic (exact) mass is 313 g/mol. The van der Waals surface area contributed by atoms with Crippen LogP contribution in [0, 0.1) is 0 Å². The lowest BCUT2D eigenvalue weighted by molar-refractivity contribution is -0.137. The third-order valence-corrected chi connectivity index (χ3v) is 4.03. The minimum Gasteiger partial charge on any atom is -0.319 e. The summed E-state index contributed by atoms with van der Waals surface area (Å²) in [5, 5.41) is 13.1. The highest BCUT2D eigenvalue weighted by Crippen LogP contribution is 2.30. The highest BCUT2D eigenvalue weighted by atomic mass is 16.5. The van der Waals surface area contributed by atoms with Gasteiger partial charge in [-0.1, -0.05) is 36.4 Å². The zero-order valence-electron chi connectivity index (χ0n) is 12.4. The first-order valence-electron chi connectivity index (χ1n) is 7.02. The van der Waals surface area contributed by atoms with Crippen LogP contribution >= 0.6 is 0 Å². The first kappa shape index (κ1) is 15.0. The predicted molar refractivity (Wildman–Crippen MR) is 81.5 cm³/mol. The zero-order valence-corrected chi connectivity index (χ0v) is 12.4. The van der Waals surface area contributed by atoms with E-state index in [0.717, 1.165) is 15.7 Å². The molecule has 0 spiro atoms. The Morgan fingerprint density at radius 3 is 2.61 bits per heavy atom. The fourth-order valence-electron chi connectivity index (χ4n) is 2.72. The molecule has 3 N–H and O–H groups in total. The predicted octanol–water partition coefficient (Wildman–Crippen LogP) is 1.11. The molecule has 0 aliphatic carbocycles. The van der Waals surface area contributed by atoms with Crippen molar-refractivity contribution in [1.29, 1.82) is 0 Å². The normalized spacial score (nSPS) is 20.7. The molecule has 7 nitrogen and oxygen atoms in total. The molecule has 3 rings (SSSR count). The molecule has 0 aromatic heterocycles. The number of nitrogens with zero attached hydrogens (tertiary/aromatic N) is 1. The summed E-state index contributed by atoms with van der Waals surface area (Å²) in [5.41, 5.74) is 0.785. The van der Waals surface area contributed by atoms with Crippen LogP contribution in [0.4, 0.5) is 4.79 Å². The van der Waals surface area contributed by atoms with Gasteiger partial charge in [-0.3, -0.25) is 19.7 Å². The van der Waals surface area contributed by atoms with E-state index in [1.165, 1.54) is 5.48 Å². The van der Waals surface area contributed by atoms with Crippen molar-refractivity contribution in [2.75, 3.05) is 6.54 Å². The van der Waals surface area contributed by atoms with E-state index in [0.29, 0.717) is 5.56 Å². The van der Waals surface area contributed by atoms with Gasteiger partial charge in [-0.15, -0.1) is 0 Å². The molecule has 2 aromatic rings. The van der Waals surface area contributed by atoms with Crippen LogP contribution in [-0.2, 0) is 15.1 Å². The van der Waals surface area contributed by atoms with E-state index in [4.69, 9.17) is 5.21 Å². The Balaban J connectivity index is 1.98. The SMILES string of the molecule is C[C@@]1(c2ccc3ccccc3c2)NC(=O)N(CC(=O)NO)C1=O. The molecule has 1 heterocycles. The van der Waals surface area contributed by atoms with Gasteiger partial charge in [-0.05, 0) is 29.3 Å².